The van der Waals surface area contributed by atoms with Crippen molar-refractivity contribution in [1.29, 1.82) is 0 Å². The Bertz CT molecular complexity index is 917. The highest BCUT2D eigenvalue weighted by molar-refractivity contribution is 7.91. The van der Waals surface area contributed by atoms with Crippen LogP contribution in [0, 0.1) is 0 Å². The van der Waals surface area contributed by atoms with E-state index in [4.69, 9.17) is 0 Å². The average molecular weight is 391 g/mol. The van der Waals surface area contributed by atoms with E-state index in [0.717, 1.165) is 5.69 Å². The van der Waals surface area contributed by atoms with Gasteiger partial charge in [-0.25, -0.2) is 13.2 Å². The number of hydrogen-bond acceptors (Lipinski definition) is 9. The molecule has 9 nitrogen and oxygen atoms in total. The number of nitrogens with zero attached hydrogens (tertiary/aromatic N) is 4. The third kappa shape index (κ3) is 4.51. The van der Waals surface area contributed by atoms with E-state index in [1.54, 1.807) is 24.3 Å². The van der Waals surface area contributed by atoms with Gasteiger partial charge in [-0.2, -0.15) is 10.1 Å². The summed E-state index contributed by atoms with van der Waals surface area (Å²) in [5.41, 5.74) is 1.17. The van der Waals surface area contributed by atoms with E-state index >= 15 is 0 Å². The van der Waals surface area contributed by atoms with Crippen LogP contribution in [0.2, 0.25) is 0 Å². The monoisotopic (exact) mass is 391 g/mol. The largest absolute Gasteiger partial charge is 0.465 e. The lowest BCUT2D eigenvalue weighted by Gasteiger charge is -2.26. The van der Waals surface area contributed by atoms with Crippen LogP contribution in [0.4, 0.5) is 17.5 Å². The Morgan fingerprint density at radius 1 is 1.33 bits per heavy atom. The summed E-state index contributed by atoms with van der Waals surface area (Å²) in [7, 11) is -1.67. The quantitative estimate of drug-likeness (QED) is 0.730. The van der Waals surface area contributed by atoms with Crippen molar-refractivity contribution in [3.63, 3.8) is 0 Å². The first-order valence-corrected chi connectivity index (χ1v) is 10.4. The summed E-state index contributed by atoms with van der Waals surface area (Å²) in [5, 5.41) is 11.1. The van der Waals surface area contributed by atoms with Crippen molar-refractivity contribution < 1.29 is 17.9 Å². The number of methoxy groups -OCH3 is 1. The van der Waals surface area contributed by atoms with Crippen LogP contribution in [0.1, 0.15) is 23.7 Å². The SMILES string of the molecule is CCN(c1nncc(Nc2ccc(C(=O)OC)cc2)n1)C1CCS(=O)(=O)C1. The molecule has 0 amide bonds. The number of anilines is 3. The molecule has 1 aromatic carbocycles. The number of aromatic nitrogens is 3. The van der Waals surface area contributed by atoms with Gasteiger partial charge in [0, 0.05) is 18.3 Å². The van der Waals surface area contributed by atoms with E-state index in [0.29, 0.717) is 30.3 Å². The Morgan fingerprint density at radius 3 is 2.67 bits per heavy atom. The second-order valence-electron chi connectivity index (χ2n) is 6.18. The van der Waals surface area contributed by atoms with Crippen LogP contribution >= 0.6 is 0 Å². The highest BCUT2D eigenvalue weighted by Crippen LogP contribution is 2.23. The Labute approximate surface area is 157 Å². The molecule has 0 spiro atoms. The molecule has 1 unspecified atom stereocenters. The molecule has 3 rings (SSSR count). The number of nitrogens with one attached hydrogen (secondary N) is 1. The third-order valence-corrected chi connectivity index (χ3v) is 6.12. The van der Waals surface area contributed by atoms with Crippen LogP contribution in [0.3, 0.4) is 0 Å². The van der Waals surface area contributed by atoms with Crippen molar-refractivity contribution >= 4 is 33.3 Å². The maximum atomic E-state index is 11.8. The highest BCUT2D eigenvalue weighted by atomic mass is 32.2. The number of rotatable bonds is 6. The molecule has 144 valence electrons. The molecule has 10 heteroatoms. The van der Waals surface area contributed by atoms with E-state index in [2.05, 4.69) is 25.2 Å². The molecular formula is C17H21N5O4S. The molecule has 27 heavy (non-hydrogen) atoms. The van der Waals surface area contributed by atoms with Gasteiger partial charge in [-0.1, -0.05) is 0 Å². The van der Waals surface area contributed by atoms with Crippen molar-refractivity contribution in [2.45, 2.75) is 19.4 Å². The van der Waals surface area contributed by atoms with Crippen molar-refractivity contribution in [2.75, 3.05) is 35.4 Å². The summed E-state index contributed by atoms with van der Waals surface area (Å²) in [6, 6.07) is 6.61. The summed E-state index contributed by atoms with van der Waals surface area (Å²) in [4.78, 5) is 17.8. The van der Waals surface area contributed by atoms with Gasteiger partial charge in [0.15, 0.2) is 15.7 Å². The molecule has 1 atom stereocenters. The van der Waals surface area contributed by atoms with Crippen LogP contribution in [-0.2, 0) is 14.6 Å². The van der Waals surface area contributed by atoms with Crippen molar-refractivity contribution in [3.8, 4) is 0 Å². The minimum Gasteiger partial charge on any atom is -0.465 e. The number of benzene rings is 1. The molecule has 1 fully saturated rings. The van der Waals surface area contributed by atoms with Gasteiger partial charge in [-0.05, 0) is 37.6 Å². The van der Waals surface area contributed by atoms with E-state index in [1.165, 1.54) is 13.3 Å². The van der Waals surface area contributed by atoms with Gasteiger partial charge in [-0.3, -0.25) is 0 Å². The number of ether oxygens (including phenoxy) is 1. The Morgan fingerprint density at radius 2 is 2.07 bits per heavy atom. The van der Waals surface area contributed by atoms with Crippen LogP contribution in [-0.4, -0.2) is 60.8 Å². The number of sulfone groups is 1. The van der Waals surface area contributed by atoms with Crippen molar-refractivity contribution in [3.05, 3.63) is 36.0 Å². The first-order valence-electron chi connectivity index (χ1n) is 8.54. The van der Waals surface area contributed by atoms with Crippen molar-refractivity contribution in [1.82, 2.24) is 15.2 Å². The lowest BCUT2D eigenvalue weighted by molar-refractivity contribution is 0.0600. The molecule has 0 bridgehead atoms. The second kappa shape index (κ2) is 7.87. The molecular weight excluding hydrogens is 370 g/mol. The molecule has 1 aromatic heterocycles. The molecule has 2 aromatic rings. The summed E-state index contributed by atoms with van der Waals surface area (Å²) < 4.78 is 28.2. The first kappa shape index (κ1) is 19.0. The van der Waals surface area contributed by atoms with E-state index in [9.17, 15) is 13.2 Å². The summed E-state index contributed by atoms with van der Waals surface area (Å²) >= 11 is 0. The van der Waals surface area contributed by atoms with Crippen molar-refractivity contribution in [2.24, 2.45) is 0 Å². The minimum atomic E-state index is -3.00. The summed E-state index contributed by atoms with van der Waals surface area (Å²) in [6.07, 6.45) is 2.04. The van der Waals surface area contributed by atoms with Gasteiger partial charge in [0.25, 0.3) is 0 Å². The standard InChI is InChI=1S/C17H21N5O4S/c1-3-22(14-8-9-27(24,25)11-14)17-20-15(10-18-21-17)19-13-6-4-12(5-7-13)16(23)26-2/h4-7,10,14H,3,8-9,11H2,1-2H3,(H,19,20,21). The molecule has 1 saturated heterocycles. The normalized spacial score (nSPS) is 18.1. The van der Waals surface area contributed by atoms with E-state index < -0.39 is 15.8 Å². The smallest absolute Gasteiger partial charge is 0.337 e. The van der Waals surface area contributed by atoms with Gasteiger partial charge in [0.2, 0.25) is 5.95 Å². The Hall–Kier alpha value is -2.75. The van der Waals surface area contributed by atoms with Gasteiger partial charge in [0.1, 0.15) is 0 Å². The molecule has 1 aliphatic rings. The zero-order valence-electron chi connectivity index (χ0n) is 15.1. The van der Waals surface area contributed by atoms with Crippen LogP contribution < -0.4 is 10.2 Å². The maximum Gasteiger partial charge on any atom is 0.337 e. The van der Waals surface area contributed by atoms with Gasteiger partial charge in [0.05, 0.1) is 30.4 Å². The Kier molecular flexibility index (Phi) is 5.54. The highest BCUT2D eigenvalue weighted by Gasteiger charge is 2.33. The molecule has 1 aliphatic heterocycles. The predicted molar refractivity (Wildman–Crippen MR) is 101 cm³/mol. The fourth-order valence-electron chi connectivity index (χ4n) is 3.02. The molecule has 0 saturated carbocycles. The fraction of sp³-hybridized carbons (Fsp3) is 0.412. The Balaban J connectivity index is 1.76. The molecule has 1 N–H and O–H groups in total. The van der Waals surface area contributed by atoms with Crippen LogP contribution in [0.25, 0.3) is 0 Å². The van der Waals surface area contributed by atoms with E-state index in [1.807, 2.05) is 11.8 Å². The maximum absolute atomic E-state index is 11.8. The number of esters is 1. The van der Waals surface area contributed by atoms with E-state index in [-0.39, 0.29) is 17.5 Å². The van der Waals surface area contributed by atoms with Gasteiger partial charge in [-0.15, -0.1) is 5.10 Å². The van der Waals surface area contributed by atoms with Gasteiger partial charge < -0.3 is 15.0 Å². The summed E-state index contributed by atoms with van der Waals surface area (Å²) in [5.74, 6) is 0.752. The second-order valence-corrected chi connectivity index (χ2v) is 8.41. The third-order valence-electron chi connectivity index (χ3n) is 4.37. The zero-order valence-corrected chi connectivity index (χ0v) is 15.9. The first-order chi connectivity index (χ1) is 12.9. The predicted octanol–water partition coefficient (Wildman–Crippen LogP) is 1.42. The summed E-state index contributed by atoms with van der Waals surface area (Å²) in [6.45, 7) is 2.51. The van der Waals surface area contributed by atoms with Gasteiger partial charge >= 0.3 is 5.97 Å². The number of carbonyl (C=O) groups is 1. The lowest BCUT2D eigenvalue weighted by Crippen LogP contribution is -2.37. The average Bonchev–Trinajstić information content (AvgIpc) is 3.02. The number of hydrogen-bond donors (Lipinski definition) is 1. The lowest BCUT2D eigenvalue weighted by atomic mass is 10.2. The fourth-order valence-corrected chi connectivity index (χ4v) is 4.75. The topological polar surface area (TPSA) is 114 Å². The number of carbonyl (C=O) groups excluding carboxylic acids is 1. The molecule has 2 heterocycles. The van der Waals surface area contributed by atoms with Crippen LogP contribution in [0.5, 0.6) is 0 Å². The minimum absolute atomic E-state index is 0.108. The molecule has 0 aliphatic carbocycles. The molecule has 0 radical (unpaired) electrons. The van der Waals surface area contributed by atoms with Crippen LogP contribution in [0.15, 0.2) is 30.5 Å². The zero-order chi connectivity index (χ0) is 19.4.